The number of amides is 1. The summed E-state index contributed by atoms with van der Waals surface area (Å²) >= 11 is 6.39. The summed E-state index contributed by atoms with van der Waals surface area (Å²) in [5.41, 5.74) is 9.16. The highest BCUT2D eigenvalue weighted by Gasteiger charge is 2.28. The Balaban J connectivity index is 1.88. The van der Waals surface area contributed by atoms with Crippen molar-refractivity contribution >= 4 is 17.5 Å². The number of hydrogen-bond donors (Lipinski definition) is 1. The first-order chi connectivity index (χ1) is 13.6. The molecule has 2 aromatic carbocycles. The molecule has 0 bridgehead atoms. The number of carbonyl (C=O) groups excluding carboxylic acids is 1. The summed E-state index contributed by atoms with van der Waals surface area (Å²) in [6.07, 6.45) is 4.27. The van der Waals surface area contributed by atoms with Crippen molar-refractivity contribution in [2.24, 2.45) is 5.73 Å². The number of hydrogen-bond acceptors (Lipinski definition) is 3. The molecule has 0 saturated carbocycles. The van der Waals surface area contributed by atoms with Crippen LogP contribution in [0.25, 0.3) is 0 Å². The number of halogens is 1. The second kappa shape index (κ2) is 9.94. The summed E-state index contributed by atoms with van der Waals surface area (Å²) < 4.78 is 5.46. The summed E-state index contributed by atoms with van der Waals surface area (Å²) in [5.74, 6) is 1.02. The standard InChI is InChI=1S/C23H29ClN2O2/c1-28-22-15-19-18(14-21(22)24)11-13-26(23(27)10-6-3-7-12-25)16-20(19)17-8-4-2-5-9-17/h2,4-5,8-9,14-15,20H,3,6-7,10-13,16,25H2,1H3. The van der Waals surface area contributed by atoms with Crippen LogP contribution in [0.1, 0.15) is 48.3 Å². The summed E-state index contributed by atoms with van der Waals surface area (Å²) in [6.45, 7) is 2.08. The number of carbonyl (C=O) groups is 1. The molecule has 0 spiro atoms. The van der Waals surface area contributed by atoms with Crippen molar-refractivity contribution in [1.82, 2.24) is 4.90 Å². The molecule has 1 heterocycles. The molecule has 3 rings (SSSR count). The Morgan fingerprint density at radius 2 is 2.00 bits per heavy atom. The molecular weight excluding hydrogens is 372 g/mol. The minimum Gasteiger partial charge on any atom is -0.495 e. The lowest BCUT2D eigenvalue weighted by Gasteiger charge is -2.26. The topological polar surface area (TPSA) is 55.6 Å². The van der Waals surface area contributed by atoms with E-state index >= 15 is 0 Å². The predicted octanol–water partition coefficient (Wildman–Crippen LogP) is 4.38. The zero-order chi connectivity index (χ0) is 19.9. The van der Waals surface area contributed by atoms with Gasteiger partial charge in [0.15, 0.2) is 0 Å². The summed E-state index contributed by atoms with van der Waals surface area (Å²) in [4.78, 5) is 14.9. The van der Waals surface area contributed by atoms with Crippen molar-refractivity contribution in [2.45, 2.75) is 38.0 Å². The van der Waals surface area contributed by atoms with Gasteiger partial charge in [0.05, 0.1) is 12.1 Å². The van der Waals surface area contributed by atoms with Crippen molar-refractivity contribution in [2.75, 3.05) is 26.7 Å². The second-order valence-electron chi connectivity index (χ2n) is 7.34. The van der Waals surface area contributed by atoms with E-state index in [4.69, 9.17) is 22.1 Å². The van der Waals surface area contributed by atoms with Crippen LogP contribution in [0.15, 0.2) is 42.5 Å². The summed E-state index contributed by atoms with van der Waals surface area (Å²) in [7, 11) is 1.64. The van der Waals surface area contributed by atoms with Gasteiger partial charge in [0, 0.05) is 25.4 Å². The minimum atomic E-state index is 0.109. The number of methoxy groups -OCH3 is 1. The molecular formula is C23H29ClN2O2. The quantitative estimate of drug-likeness (QED) is 0.701. The third-order valence-electron chi connectivity index (χ3n) is 5.49. The van der Waals surface area contributed by atoms with Gasteiger partial charge in [0.1, 0.15) is 5.75 Å². The first-order valence-corrected chi connectivity index (χ1v) is 10.4. The van der Waals surface area contributed by atoms with E-state index in [0.29, 0.717) is 36.8 Å². The first-order valence-electron chi connectivity index (χ1n) is 10.0. The number of ether oxygens (including phenoxy) is 1. The SMILES string of the molecule is COc1cc2c(cc1Cl)CCN(C(=O)CCCCCN)CC2c1ccccc1. The lowest BCUT2D eigenvalue weighted by atomic mass is 9.88. The third-order valence-corrected chi connectivity index (χ3v) is 5.79. The fourth-order valence-electron chi connectivity index (χ4n) is 3.93. The highest BCUT2D eigenvalue weighted by atomic mass is 35.5. The summed E-state index contributed by atoms with van der Waals surface area (Å²) in [5, 5.41) is 0.620. The molecule has 0 radical (unpaired) electrons. The van der Waals surface area contributed by atoms with Crippen LogP contribution < -0.4 is 10.5 Å². The highest BCUT2D eigenvalue weighted by Crippen LogP contribution is 2.37. The number of rotatable bonds is 7. The molecule has 1 aliphatic heterocycles. The fourth-order valence-corrected chi connectivity index (χ4v) is 4.19. The van der Waals surface area contributed by atoms with Gasteiger partial charge < -0.3 is 15.4 Å². The molecule has 1 aliphatic rings. The molecule has 1 atom stereocenters. The van der Waals surface area contributed by atoms with E-state index in [1.165, 1.54) is 16.7 Å². The van der Waals surface area contributed by atoms with E-state index in [9.17, 15) is 4.79 Å². The molecule has 1 amide bonds. The van der Waals surface area contributed by atoms with Crippen molar-refractivity contribution in [3.63, 3.8) is 0 Å². The number of benzene rings is 2. The van der Waals surface area contributed by atoms with Gasteiger partial charge in [-0.1, -0.05) is 48.4 Å². The van der Waals surface area contributed by atoms with Crippen molar-refractivity contribution in [3.8, 4) is 5.75 Å². The minimum absolute atomic E-state index is 0.109. The van der Waals surface area contributed by atoms with Crippen LogP contribution in [0.2, 0.25) is 5.02 Å². The van der Waals surface area contributed by atoms with E-state index in [1.807, 2.05) is 35.2 Å². The van der Waals surface area contributed by atoms with Crippen LogP contribution in [0.5, 0.6) is 5.75 Å². The van der Waals surface area contributed by atoms with E-state index in [2.05, 4.69) is 12.1 Å². The molecule has 1 unspecified atom stereocenters. The molecule has 4 nitrogen and oxygen atoms in total. The van der Waals surface area contributed by atoms with Crippen molar-refractivity contribution in [3.05, 3.63) is 64.2 Å². The van der Waals surface area contributed by atoms with Crippen LogP contribution in [0, 0.1) is 0 Å². The van der Waals surface area contributed by atoms with Crippen molar-refractivity contribution in [1.29, 1.82) is 0 Å². The number of unbranched alkanes of at least 4 members (excludes halogenated alkanes) is 2. The van der Waals surface area contributed by atoms with Crippen LogP contribution in [-0.4, -0.2) is 37.6 Å². The van der Waals surface area contributed by atoms with Crippen LogP contribution in [-0.2, 0) is 11.2 Å². The van der Waals surface area contributed by atoms with E-state index in [1.54, 1.807) is 7.11 Å². The third kappa shape index (κ3) is 4.86. The number of nitrogens with zero attached hydrogens (tertiary/aromatic N) is 1. The van der Waals surface area contributed by atoms with Gasteiger partial charge in [0.2, 0.25) is 5.91 Å². The fraction of sp³-hybridized carbons (Fsp3) is 0.435. The van der Waals surface area contributed by atoms with Gasteiger partial charge in [-0.25, -0.2) is 0 Å². The zero-order valence-corrected chi connectivity index (χ0v) is 17.3. The maximum absolute atomic E-state index is 12.9. The van der Waals surface area contributed by atoms with Crippen LogP contribution in [0.4, 0.5) is 0 Å². The van der Waals surface area contributed by atoms with E-state index < -0.39 is 0 Å². The van der Waals surface area contributed by atoms with Gasteiger partial charge in [-0.2, -0.15) is 0 Å². The van der Waals surface area contributed by atoms with Gasteiger partial charge >= 0.3 is 0 Å². The van der Waals surface area contributed by atoms with Gasteiger partial charge in [0.25, 0.3) is 0 Å². The predicted molar refractivity (Wildman–Crippen MR) is 114 cm³/mol. The van der Waals surface area contributed by atoms with E-state index in [-0.39, 0.29) is 11.8 Å². The Morgan fingerprint density at radius 3 is 2.71 bits per heavy atom. The molecule has 150 valence electrons. The normalized spacial score (nSPS) is 16.4. The van der Waals surface area contributed by atoms with Crippen molar-refractivity contribution < 1.29 is 9.53 Å². The largest absolute Gasteiger partial charge is 0.495 e. The molecule has 2 aromatic rings. The van der Waals surface area contributed by atoms with Gasteiger partial charge in [-0.05, 0) is 54.6 Å². The smallest absolute Gasteiger partial charge is 0.222 e. The molecule has 0 saturated heterocycles. The Morgan fingerprint density at radius 1 is 1.21 bits per heavy atom. The molecule has 28 heavy (non-hydrogen) atoms. The maximum Gasteiger partial charge on any atom is 0.222 e. The monoisotopic (exact) mass is 400 g/mol. The van der Waals surface area contributed by atoms with E-state index in [0.717, 1.165) is 25.7 Å². The maximum atomic E-state index is 12.9. The van der Waals surface area contributed by atoms with Crippen LogP contribution in [0.3, 0.4) is 0 Å². The average molecular weight is 401 g/mol. The first kappa shape index (κ1) is 20.7. The zero-order valence-electron chi connectivity index (χ0n) is 16.5. The molecule has 0 aliphatic carbocycles. The summed E-state index contributed by atoms with van der Waals surface area (Å²) in [6, 6.07) is 14.4. The Hall–Kier alpha value is -2.04. The highest BCUT2D eigenvalue weighted by molar-refractivity contribution is 6.32. The second-order valence-corrected chi connectivity index (χ2v) is 7.75. The molecule has 5 heteroatoms. The average Bonchev–Trinajstić information content (AvgIpc) is 2.90. The Kier molecular flexibility index (Phi) is 7.35. The lowest BCUT2D eigenvalue weighted by Crippen LogP contribution is -2.34. The number of nitrogens with two attached hydrogens (primary N) is 1. The van der Waals surface area contributed by atoms with Crippen LogP contribution >= 0.6 is 11.6 Å². The Bertz CT molecular complexity index is 795. The van der Waals surface area contributed by atoms with Gasteiger partial charge in [-0.15, -0.1) is 0 Å². The molecule has 2 N–H and O–H groups in total. The Labute approximate surface area is 172 Å². The number of fused-ring (bicyclic) bond motifs is 1. The molecule has 0 aromatic heterocycles. The van der Waals surface area contributed by atoms with Gasteiger partial charge in [-0.3, -0.25) is 4.79 Å². The molecule has 0 fully saturated rings. The lowest BCUT2D eigenvalue weighted by molar-refractivity contribution is -0.131.